The van der Waals surface area contributed by atoms with Gasteiger partial charge in [0, 0.05) is 19.8 Å². The third-order valence-corrected chi connectivity index (χ3v) is 6.82. The topological polar surface area (TPSA) is 65.3 Å². The molecule has 3 heterocycles. The van der Waals surface area contributed by atoms with E-state index in [2.05, 4.69) is 18.7 Å². The van der Waals surface area contributed by atoms with Gasteiger partial charge in [0.15, 0.2) is 0 Å². The van der Waals surface area contributed by atoms with E-state index in [1.807, 2.05) is 6.08 Å². The Morgan fingerprint density at radius 1 is 0.657 bits per heavy atom. The Hall–Kier alpha value is -1.28. The van der Waals surface area contributed by atoms with Crippen molar-refractivity contribution in [3.8, 4) is 0 Å². The summed E-state index contributed by atoms with van der Waals surface area (Å²) >= 11 is 0. The molecule has 3 saturated heterocycles. The second-order valence-electron chi connectivity index (χ2n) is 9.94. The SMILES string of the molecule is C=Cc1ccc(CCCCOCC2CO2)c(CCCCOCC2CO2)c1CCCCOCC1CO1. The van der Waals surface area contributed by atoms with E-state index in [1.54, 1.807) is 0 Å². The van der Waals surface area contributed by atoms with Crippen LogP contribution in [0.2, 0.25) is 0 Å². The van der Waals surface area contributed by atoms with Crippen molar-refractivity contribution in [2.75, 3.05) is 59.5 Å². The van der Waals surface area contributed by atoms with Crippen LogP contribution < -0.4 is 0 Å². The van der Waals surface area contributed by atoms with E-state index in [9.17, 15) is 0 Å². The van der Waals surface area contributed by atoms with Gasteiger partial charge in [-0.25, -0.2) is 0 Å². The number of hydrogen-bond donors (Lipinski definition) is 0. The van der Waals surface area contributed by atoms with E-state index < -0.39 is 0 Å². The van der Waals surface area contributed by atoms with E-state index in [1.165, 1.54) is 22.3 Å². The van der Waals surface area contributed by atoms with Crippen LogP contribution in [-0.4, -0.2) is 77.8 Å². The fourth-order valence-corrected chi connectivity index (χ4v) is 4.46. The van der Waals surface area contributed by atoms with Gasteiger partial charge >= 0.3 is 0 Å². The summed E-state index contributed by atoms with van der Waals surface area (Å²) in [7, 11) is 0. The third-order valence-electron chi connectivity index (χ3n) is 6.82. The lowest BCUT2D eigenvalue weighted by Gasteiger charge is -2.18. The van der Waals surface area contributed by atoms with Crippen molar-refractivity contribution in [3.63, 3.8) is 0 Å². The zero-order valence-corrected chi connectivity index (χ0v) is 21.3. The lowest BCUT2D eigenvalue weighted by molar-refractivity contribution is 0.113. The molecule has 6 heteroatoms. The van der Waals surface area contributed by atoms with Crippen LogP contribution in [-0.2, 0) is 47.7 Å². The number of unbranched alkanes of at least 4 members (excludes halogenated alkanes) is 3. The van der Waals surface area contributed by atoms with Crippen molar-refractivity contribution in [1.82, 2.24) is 0 Å². The Kier molecular flexibility index (Phi) is 11.5. The monoisotopic (exact) mass is 488 g/mol. The van der Waals surface area contributed by atoms with Crippen molar-refractivity contribution in [2.45, 2.75) is 76.1 Å². The number of benzene rings is 1. The van der Waals surface area contributed by atoms with Gasteiger partial charge in [0.05, 0.1) is 39.6 Å². The highest BCUT2D eigenvalue weighted by Gasteiger charge is 2.23. The molecule has 3 aliphatic heterocycles. The summed E-state index contributed by atoms with van der Waals surface area (Å²) in [6, 6.07) is 4.59. The largest absolute Gasteiger partial charge is 0.379 e. The number of rotatable bonds is 22. The molecule has 0 spiro atoms. The lowest BCUT2D eigenvalue weighted by Crippen LogP contribution is -2.08. The molecule has 3 aliphatic rings. The second kappa shape index (κ2) is 15.1. The maximum Gasteiger partial charge on any atom is 0.104 e. The number of ether oxygens (including phenoxy) is 6. The van der Waals surface area contributed by atoms with Crippen molar-refractivity contribution >= 4 is 6.08 Å². The molecule has 1 aromatic rings. The number of epoxide rings is 3. The summed E-state index contributed by atoms with van der Waals surface area (Å²) in [6.45, 7) is 11.4. The summed E-state index contributed by atoms with van der Waals surface area (Å²) in [6.07, 6.45) is 13.0. The number of aryl methyl sites for hydroxylation is 1. The first-order chi connectivity index (χ1) is 17.3. The molecule has 3 atom stereocenters. The standard InChI is InChI=1S/C29H44O6/c1-2-23-12-13-24(9-3-6-14-30-17-25-20-33-25)29(11-5-8-16-32-19-27-22-35-27)28(23)10-4-7-15-31-18-26-21-34-26/h2,12-13,25-27H,1,3-11,14-22H2. The molecule has 3 unspecified atom stereocenters. The molecule has 196 valence electrons. The van der Waals surface area contributed by atoms with Gasteiger partial charge in [0.1, 0.15) is 18.3 Å². The second-order valence-corrected chi connectivity index (χ2v) is 9.94. The van der Waals surface area contributed by atoms with E-state index in [0.29, 0.717) is 18.3 Å². The first-order valence-corrected chi connectivity index (χ1v) is 13.7. The molecule has 0 saturated carbocycles. The van der Waals surface area contributed by atoms with Gasteiger partial charge in [-0.1, -0.05) is 24.8 Å². The Balaban J connectivity index is 1.26. The Morgan fingerprint density at radius 3 is 1.57 bits per heavy atom. The molecule has 0 aliphatic carbocycles. The fraction of sp³-hybridized carbons (Fsp3) is 0.724. The molecule has 0 bridgehead atoms. The first kappa shape index (κ1) is 26.8. The first-order valence-electron chi connectivity index (χ1n) is 13.7. The van der Waals surface area contributed by atoms with Gasteiger partial charge in [-0.15, -0.1) is 0 Å². The molecule has 0 N–H and O–H groups in total. The Morgan fingerprint density at radius 2 is 1.11 bits per heavy atom. The summed E-state index contributed by atoms with van der Waals surface area (Å²) in [5, 5.41) is 0. The van der Waals surface area contributed by atoms with Crippen LogP contribution in [0.15, 0.2) is 18.7 Å². The summed E-state index contributed by atoms with van der Waals surface area (Å²) < 4.78 is 32.9. The molecule has 0 radical (unpaired) electrons. The molecule has 4 rings (SSSR count). The maximum absolute atomic E-state index is 5.76. The smallest absolute Gasteiger partial charge is 0.104 e. The fourth-order valence-electron chi connectivity index (χ4n) is 4.46. The van der Waals surface area contributed by atoms with Gasteiger partial charge < -0.3 is 28.4 Å². The summed E-state index contributed by atoms with van der Waals surface area (Å²) in [5.74, 6) is 0. The average molecular weight is 489 g/mol. The predicted octanol–water partition coefficient (Wildman–Crippen LogP) is 4.54. The van der Waals surface area contributed by atoms with Crippen LogP contribution in [0.25, 0.3) is 6.08 Å². The average Bonchev–Trinajstić information content (AvgIpc) is 3.71. The lowest BCUT2D eigenvalue weighted by atomic mass is 9.87. The minimum absolute atomic E-state index is 0.346. The van der Waals surface area contributed by atoms with Crippen LogP contribution in [0.4, 0.5) is 0 Å². The van der Waals surface area contributed by atoms with Crippen molar-refractivity contribution in [1.29, 1.82) is 0 Å². The molecule has 0 aromatic heterocycles. The number of hydrogen-bond acceptors (Lipinski definition) is 6. The normalized spacial score (nSPS) is 22.3. The Bertz CT molecular complexity index is 754. The van der Waals surface area contributed by atoms with Gasteiger partial charge in [-0.05, 0) is 80.0 Å². The minimum Gasteiger partial charge on any atom is -0.379 e. The van der Waals surface area contributed by atoms with Crippen molar-refractivity contribution < 1.29 is 28.4 Å². The molecular weight excluding hydrogens is 444 g/mol. The van der Waals surface area contributed by atoms with E-state index in [4.69, 9.17) is 28.4 Å². The van der Waals surface area contributed by atoms with Gasteiger partial charge in [-0.2, -0.15) is 0 Å². The van der Waals surface area contributed by atoms with Gasteiger partial charge in [0.25, 0.3) is 0 Å². The molecule has 3 fully saturated rings. The van der Waals surface area contributed by atoms with Crippen LogP contribution in [0.1, 0.15) is 60.8 Å². The van der Waals surface area contributed by atoms with Crippen LogP contribution >= 0.6 is 0 Å². The minimum atomic E-state index is 0.346. The quantitative estimate of drug-likeness (QED) is 0.176. The highest BCUT2D eigenvalue weighted by Crippen LogP contribution is 2.26. The van der Waals surface area contributed by atoms with Crippen molar-refractivity contribution in [2.24, 2.45) is 0 Å². The van der Waals surface area contributed by atoms with Crippen molar-refractivity contribution in [3.05, 3.63) is 41.0 Å². The molecular formula is C29H44O6. The van der Waals surface area contributed by atoms with Crippen LogP contribution in [0.5, 0.6) is 0 Å². The predicted molar refractivity (Wildman–Crippen MR) is 137 cm³/mol. The summed E-state index contributed by atoms with van der Waals surface area (Å²) in [4.78, 5) is 0. The highest BCUT2D eigenvalue weighted by atomic mass is 16.6. The van der Waals surface area contributed by atoms with Crippen LogP contribution in [0.3, 0.4) is 0 Å². The van der Waals surface area contributed by atoms with E-state index in [0.717, 1.165) is 117 Å². The summed E-state index contributed by atoms with van der Waals surface area (Å²) in [5.41, 5.74) is 5.79. The van der Waals surface area contributed by atoms with E-state index >= 15 is 0 Å². The van der Waals surface area contributed by atoms with Crippen LogP contribution in [0, 0.1) is 0 Å². The molecule has 35 heavy (non-hydrogen) atoms. The van der Waals surface area contributed by atoms with E-state index in [-0.39, 0.29) is 0 Å². The molecule has 1 aromatic carbocycles. The maximum atomic E-state index is 5.76. The Labute approximate surface area is 211 Å². The zero-order chi connectivity index (χ0) is 24.1. The highest BCUT2D eigenvalue weighted by molar-refractivity contribution is 5.56. The molecule has 6 nitrogen and oxygen atoms in total. The van der Waals surface area contributed by atoms with Gasteiger partial charge in [-0.3, -0.25) is 0 Å². The van der Waals surface area contributed by atoms with Gasteiger partial charge in [0.2, 0.25) is 0 Å². The zero-order valence-electron chi connectivity index (χ0n) is 21.3. The molecule has 0 amide bonds. The third kappa shape index (κ3) is 10.7.